The van der Waals surface area contributed by atoms with Crippen LogP contribution in [0.4, 0.5) is 5.13 Å². The summed E-state index contributed by atoms with van der Waals surface area (Å²) in [5.74, 6) is -0.0330. The van der Waals surface area contributed by atoms with E-state index in [1.807, 2.05) is 0 Å². The van der Waals surface area contributed by atoms with Gasteiger partial charge in [-0.05, 0) is 24.7 Å². The molecule has 2 aliphatic rings. The number of nitrogens with zero attached hydrogens (tertiary/aromatic N) is 1. The van der Waals surface area contributed by atoms with Gasteiger partial charge in [0.25, 0.3) is 0 Å². The van der Waals surface area contributed by atoms with Crippen LogP contribution in [0.3, 0.4) is 0 Å². The van der Waals surface area contributed by atoms with Gasteiger partial charge in [0.2, 0.25) is 5.91 Å². The zero-order valence-electron chi connectivity index (χ0n) is 13.6. The second-order valence-corrected chi connectivity index (χ2v) is 8.41. The van der Waals surface area contributed by atoms with Gasteiger partial charge in [-0.15, -0.1) is 12.4 Å². The van der Waals surface area contributed by atoms with Gasteiger partial charge in [0.05, 0.1) is 16.1 Å². The summed E-state index contributed by atoms with van der Waals surface area (Å²) < 4.78 is 0. The van der Waals surface area contributed by atoms with Gasteiger partial charge in [-0.1, -0.05) is 44.4 Å². The lowest BCUT2D eigenvalue weighted by Crippen LogP contribution is -2.52. The van der Waals surface area contributed by atoms with Gasteiger partial charge >= 0.3 is 0 Å². The Morgan fingerprint density at radius 3 is 2.52 bits per heavy atom. The summed E-state index contributed by atoms with van der Waals surface area (Å²) in [6.45, 7) is 4.14. The maximum absolute atomic E-state index is 12.5. The zero-order valence-corrected chi connectivity index (χ0v) is 15.2. The monoisotopic (exact) mass is 357 g/mol. The number of nitrogens with two attached hydrogens (primary N) is 1. The quantitative estimate of drug-likeness (QED) is 0.850. The molecule has 7 heteroatoms. The number of nitrogens with one attached hydrogen (secondary N) is 1. The Bertz CT molecular complexity index is 621. The van der Waals surface area contributed by atoms with E-state index in [2.05, 4.69) is 24.1 Å². The van der Waals surface area contributed by atoms with Gasteiger partial charge in [0, 0.05) is 6.42 Å². The Hall–Kier alpha value is -0.980. The number of fused-ring (bicyclic) bond motifs is 1. The molecule has 0 radical (unpaired) electrons. The smallest absolute Gasteiger partial charge is 0.246 e. The maximum atomic E-state index is 12.5. The fourth-order valence-corrected chi connectivity index (χ4v) is 4.32. The second-order valence-electron chi connectivity index (χ2n) is 7.41. The van der Waals surface area contributed by atoms with Crippen molar-refractivity contribution in [1.82, 2.24) is 4.98 Å². The molecule has 1 aromatic rings. The highest BCUT2D eigenvalue weighted by molar-refractivity contribution is 7.17. The lowest BCUT2D eigenvalue weighted by molar-refractivity contribution is -0.122. The molecule has 0 aliphatic heterocycles. The second kappa shape index (κ2) is 6.49. The summed E-state index contributed by atoms with van der Waals surface area (Å²) in [4.78, 5) is 29.8. The van der Waals surface area contributed by atoms with Crippen LogP contribution in [0, 0.1) is 5.41 Å². The lowest BCUT2D eigenvalue weighted by Gasteiger charge is -2.31. The van der Waals surface area contributed by atoms with Crippen molar-refractivity contribution in [2.45, 2.75) is 64.3 Å². The van der Waals surface area contributed by atoms with E-state index in [0.717, 1.165) is 44.2 Å². The fourth-order valence-electron chi connectivity index (χ4n) is 3.40. The SMILES string of the molecule is CC1(C)CC(=O)c2sc(NC(=O)C3(N)CCCCC3)nc2C1.Cl. The molecule has 0 atom stereocenters. The molecule has 0 aromatic carbocycles. The molecule has 0 unspecified atom stereocenters. The van der Waals surface area contributed by atoms with E-state index < -0.39 is 5.54 Å². The van der Waals surface area contributed by atoms with E-state index in [1.165, 1.54) is 11.3 Å². The fraction of sp³-hybridized carbons (Fsp3) is 0.688. The summed E-state index contributed by atoms with van der Waals surface area (Å²) in [6, 6.07) is 0. The van der Waals surface area contributed by atoms with Gasteiger partial charge in [0.1, 0.15) is 0 Å². The standard InChI is InChI=1S/C16H23N3O2S.ClH/c1-15(2)8-10-12(11(20)9-15)22-14(18-10)19-13(21)16(17)6-4-3-5-7-16;/h3-9,17H2,1-2H3,(H,18,19,21);1H. The van der Waals surface area contributed by atoms with Crippen molar-refractivity contribution in [3.63, 3.8) is 0 Å². The molecule has 1 fully saturated rings. The van der Waals surface area contributed by atoms with E-state index in [-0.39, 0.29) is 29.5 Å². The molecule has 5 nitrogen and oxygen atoms in total. The number of hydrogen-bond donors (Lipinski definition) is 2. The molecule has 1 saturated carbocycles. The molecule has 3 rings (SSSR count). The van der Waals surface area contributed by atoms with Crippen molar-refractivity contribution >= 4 is 40.6 Å². The van der Waals surface area contributed by atoms with Crippen LogP contribution in [-0.4, -0.2) is 22.2 Å². The van der Waals surface area contributed by atoms with Crippen LogP contribution in [0.2, 0.25) is 0 Å². The zero-order chi connectivity index (χ0) is 16.0. The van der Waals surface area contributed by atoms with E-state index >= 15 is 0 Å². The first-order valence-electron chi connectivity index (χ1n) is 7.92. The molecule has 23 heavy (non-hydrogen) atoms. The lowest BCUT2D eigenvalue weighted by atomic mass is 9.78. The molecule has 0 spiro atoms. The number of hydrogen-bond acceptors (Lipinski definition) is 5. The van der Waals surface area contributed by atoms with Gasteiger partial charge in [-0.25, -0.2) is 4.98 Å². The number of carbonyl (C=O) groups excluding carboxylic acids is 2. The molecule has 1 amide bonds. The molecule has 128 valence electrons. The van der Waals surface area contributed by atoms with Crippen molar-refractivity contribution < 1.29 is 9.59 Å². The van der Waals surface area contributed by atoms with Crippen LogP contribution in [0.5, 0.6) is 0 Å². The number of thiazole rings is 1. The number of rotatable bonds is 2. The van der Waals surface area contributed by atoms with Crippen LogP contribution >= 0.6 is 23.7 Å². The van der Waals surface area contributed by atoms with E-state index in [9.17, 15) is 9.59 Å². The topological polar surface area (TPSA) is 85.1 Å². The summed E-state index contributed by atoms with van der Waals surface area (Å²) in [5.41, 5.74) is 6.22. The number of aromatic nitrogens is 1. The number of ketones is 1. The van der Waals surface area contributed by atoms with Crippen LogP contribution in [0.25, 0.3) is 0 Å². The van der Waals surface area contributed by atoms with Crippen molar-refractivity contribution in [3.05, 3.63) is 10.6 Å². The number of carbonyl (C=O) groups is 2. The Kier molecular flexibility index (Phi) is 5.18. The summed E-state index contributed by atoms with van der Waals surface area (Å²) in [7, 11) is 0. The molecule has 0 saturated heterocycles. The summed E-state index contributed by atoms with van der Waals surface area (Å²) >= 11 is 1.29. The number of halogens is 1. The third-order valence-corrected chi connectivity index (χ3v) is 5.71. The normalized spacial score (nSPS) is 22.0. The maximum Gasteiger partial charge on any atom is 0.246 e. The van der Waals surface area contributed by atoms with Crippen molar-refractivity contribution in [1.29, 1.82) is 0 Å². The highest BCUT2D eigenvalue weighted by Gasteiger charge is 2.37. The molecule has 2 aliphatic carbocycles. The number of Topliss-reactive ketones (excluding diaryl/α,β-unsaturated/α-hetero) is 1. The van der Waals surface area contributed by atoms with Crippen LogP contribution in [-0.2, 0) is 11.2 Å². The first-order valence-corrected chi connectivity index (χ1v) is 8.74. The summed E-state index contributed by atoms with van der Waals surface area (Å²) in [5, 5.41) is 3.36. The summed E-state index contributed by atoms with van der Waals surface area (Å²) in [6.07, 6.45) is 5.87. The Morgan fingerprint density at radius 2 is 1.87 bits per heavy atom. The number of amides is 1. The van der Waals surface area contributed by atoms with Gasteiger partial charge < -0.3 is 11.1 Å². The van der Waals surface area contributed by atoms with Gasteiger partial charge in [-0.2, -0.15) is 0 Å². The molecule has 3 N–H and O–H groups in total. The van der Waals surface area contributed by atoms with Crippen LogP contribution < -0.4 is 11.1 Å². The van der Waals surface area contributed by atoms with Crippen LogP contribution in [0.15, 0.2) is 0 Å². The Labute approximate surface area is 146 Å². The molecule has 1 heterocycles. The molecule has 1 aromatic heterocycles. The van der Waals surface area contributed by atoms with E-state index in [0.29, 0.717) is 16.4 Å². The van der Waals surface area contributed by atoms with Gasteiger partial charge in [0.15, 0.2) is 10.9 Å². The van der Waals surface area contributed by atoms with Crippen LogP contribution in [0.1, 0.15) is 67.7 Å². The minimum absolute atomic E-state index is 0. The number of anilines is 1. The first-order chi connectivity index (χ1) is 10.3. The predicted molar refractivity (Wildman–Crippen MR) is 94.4 cm³/mol. The minimum atomic E-state index is -0.784. The van der Waals surface area contributed by atoms with Crippen molar-refractivity contribution in [2.24, 2.45) is 11.1 Å². The third-order valence-electron chi connectivity index (χ3n) is 4.65. The predicted octanol–water partition coefficient (Wildman–Crippen LogP) is 3.32. The first kappa shape index (κ1) is 18.4. The Morgan fingerprint density at radius 1 is 1.22 bits per heavy atom. The third kappa shape index (κ3) is 3.75. The van der Waals surface area contributed by atoms with Crippen molar-refractivity contribution in [3.8, 4) is 0 Å². The Balaban J connectivity index is 0.00000192. The van der Waals surface area contributed by atoms with Gasteiger partial charge in [-0.3, -0.25) is 9.59 Å². The average Bonchev–Trinajstić information content (AvgIpc) is 2.80. The highest BCUT2D eigenvalue weighted by Crippen LogP contribution is 2.38. The molecular formula is C16H24ClN3O2S. The minimum Gasteiger partial charge on any atom is -0.317 e. The highest BCUT2D eigenvalue weighted by atomic mass is 35.5. The largest absolute Gasteiger partial charge is 0.317 e. The van der Waals surface area contributed by atoms with Crippen molar-refractivity contribution in [2.75, 3.05) is 5.32 Å². The van der Waals surface area contributed by atoms with E-state index in [4.69, 9.17) is 5.73 Å². The average molecular weight is 358 g/mol. The molecule has 0 bridgehead atoms. The molecular weight excluding hydrogens is 334 g/mol. The van der Waals surface area contributed by atoms with E-state index in [1.54, 1.807) is 0 Å².